The predicted octanol–water partition coefficient (Wildman–Crippen LogP) is 3.52. The van der Waals surface area contributed by atoms with Crippen LogP contribution in [0.1, 0.15) is 31.2 Å². The highest BCUT2D eigenvalue weighted by atomic mass is 16.5. The van der Waals surface area contributed by atoms with Gasteiger partial charge in [-0.05, 0) is 48.7 Å². The Labute approximate surface area is 170 Å². The zero-order valence-corrected chi connectivity index (χ0v) is 16.4. The lowest BCUT2D eigenvalue weighted by Crippen LogP contribution is -2.46. The van der Waals surface area contributed by atoms with E-state index in [1.54, 1.807) is 25.3 Å². The van der Waals surface area contributed by atoms with Gasteiger partial charge in [0.2, 0.25) is 5.91 Å². The van der Waals surface area contributed by atoms with Crippen molar-refractivity contribution in [1.29, 1.82) is 0 Å². The fraction of sp³-hybridized carbons (Fsp3) is 0.304. The van der Waals surface area contributed by atoms with E-state index in [4.69, 9.17) is 9.47 Å². The minimum atomic E-state index is -0.332. The molecule has 2 aromatic rings. The number of anilines is 1. The summed E-state index contributed by atoms with van der Waals surface area (Å²) in [5.41, 5.74) is 1.41. The minimum absolute atomic E-state index is 0.0321. The maximum Gasteiger partial charge on any atom is 0.294 e. The molecule has 1 aliphatic carbocycles. The fourth-order valence-electron chi connectivity index (χ4n) is 3.76. The molecule has 1 aliphatic heterocycles. The summed E-state index contributed by atoms with van der Waals surface area (Å²) in [4.78, 5) is 27.2. The highest BCUT2D eigenvalue weighted by Gasteiger charge is 2.32. The van der Waals surface area contributed by atoms with E-state index in [0.717, 1.165) is 37.0 Å². The van der Waals surface area contributed by atoms with Crippen LogP contribution in [0.2, 0.25) is 0 Å². The summed E-state index contributed by atoms with van der Waals surface area (Å²) in [6, 6.07) is 14.8. The van der Waals surface area contributed by atoms with Crippen molar-refractivity contribution in [3.8, 4) is 11.5 Å². The van der Waals surface area contributed by atoms with E-state index in [1.807, 2.05) is 36.4 Å². The molecular formula is C23H24N2O4. The van der Waals surface area contributed by atoms with Crippen LogP contribution in [0.3, 0.4) is 0 Å². The van der Waals surface area contributed by atoms with E-state index in [-0.39, 0.29) is 30.2 Å². The first-order valence-electron chi connectivity index (χ1n) is 9.88. The molecule has 0 spiro atoms. The number of para-hydroxylation sites is 2. The second-order valence-corrected chi connectivity index (χ2v) is 7.29. The van der Waals surface area contributed by atoms with Gasteiger partial charge in [0.1, 0.15) is 12.3 Å². The minimum Gasteiger partial charge on any atom is -0.497 e. The Morgan fingerprint density at radius 2 is 1.90 bits per heavy atom. The number of amides is 2. The lowest BCUT2D eigenvalue weighted by Gasteiger charge is -2.30. The van der Waals surface area contributed by atoms with Crippen LogP contribution in [-0.2, 0) is 9.59 Å². The zero-order chi connectivity index (χ0) is 20.2. The normalized spacial score (nSPS) is 17.8. The molecule has 29 heavy (non-hydrogen) atoms. The van der Waals surface area contributed by atoms with Gasteiger partial charge in [0.25, 0.3) is 5.91 Å². The highest BCUT2D eigenvalue weighted by molar-refractivity contribution is 6.12. The zero-order valence-electron chi connectivity index (χ0n) is 16.4. The van der Waals surface area contributed by atoms with Crippen molar-refractivity contribution >= 4 is 23.6 Å². The van der Waals surface area contributed by atoms with Gasteiger partial charge in [-0.3, -0.25) is 14.5 Å². The van der Waals surface area contributed by atoms with Gasteiger partial charge in [0.05, 0.1) is 12.8 Å². The lowest BCUT2D eigenvalue weighted by atomic mass is 10.1. The third-order valence-corrected chi connectivity index (χ3v) is 5.27. The number of hydrogen-bond donors (Lipinski definition) is 1. The molecular weight excluding hydrogens is 368 g/mol. The van der Waals surface area contributed by atoms with Crippen LogP contribution in [0.15, 0.2) is 54.3 Å². The third-order valence-electron chi connectivity index (χ3n) is 5.27. The molecule has 4 rings (SSSR count). The average Bonchev–Trinajstić information content (AvgIpc) is 3.24. The van der Waals surface area contributed by atoms with E-state index < -0.39 is 0 Å². The van der Waals surface area contributed by atoms with Gasteiger partial charge in [-0.15, -0.1) is 0 Å². The Balaban J connectivity index is 1.58. The first-order valence-corrected chi connectivity index (χ1v) is 9.88. The topological polar surface area (TPSA) is 67.9 Å². The summed E-state index contributed by atoms with van der Waals surface area (Å²) in [5.74, 6) is 0.994. The number of carbonyl (C=O) groups excluding carboxylic acids is 2. The van der Waals surface area contributed by atoms with Crippen LogP contribution in [-0.4, -0.2) is 31.5 Å². The van der Waals surface area contributed by atoms with Gasteiger partial charge in [-0.2, -0.15) is 0 Å². The van der Waals surface area contributed by atoms with E-state index in [0.29, 0.717) is 11.4 Å². The van der Waals surface area contributed by atoms with E-state index in [1.165, 1.54) is 4.90 Å². The molecule has 1 fully saturated rings. The smallest absolute Gasteiger partial charge is 0.294 e. The Morgan fingerprint density at radius 3 is 2.62 bits per heavy atom. The monoisotopic (exact) mass is 392 g/mol. The molecule has 0 atom stereocenters. The Morgan fingerprint density at radius 1 is 1.17 bits per heavy atom. The average molecular weight is 392 g/mol. The standard InChI is InChI=1S/C23H24N2O4/c1-28-18-12-10-16(11-13-18)14-21-23(27)25(19-8-4-5-9-20(19)29-21)15-22(26)24-17-6-2-3-7-17/h4-5,8-14,17H,2-3,6-7,15H2,1H3,(H,24,26). The second kappa shape index (κ2) is 8.39. The van der Waals surface area contributed by atoms with Gasteiger partial charge in [0, 0.05) is 6.04 Å². The van der Waals surface area contributed by atoms with Crippen LogP contribution in [0.4, 0.5) is 5.69 Å². The molecule has 1 saturated carbocycles. The molecule has 0 radical (unpaired) electrons. The molecule has 1 N–H and O–H groups in total. The number of nitrogens with one attached hydrogen (secondary N) is 1. The van der Waals surface area contributed by atoms with Crippen LogP contribution in [0.25, 0.3) is 6.08 Å². The summed E-state index contributed by atoms with van der Waals surface area (Å²) >= 11 is 0. The van der Waals surface area contributed by atoms with Crippen LogP contribution < -0.4 is 19.7 Å². The highest BCUT2D eigenvalue weighted by Crippen LogP contribution is 2.35. The van der Waals surface area contributed by atoms with Gasteiger partial charge < -0.3 is 14.8 Å². The van der Waals surface area contributed by atoms with Crippen LogP contribution >= 0.6 is 0 Å². The number of fused-ring (bicyclic) bond motifs is 1. The summed E-state index contributed by atoms with van der Waals surface area (Å²) in [5, 5.41) is 3.05. The molecule has 150 valence electrons. The molecule has 0 aromatic heterocycles. The van der Waals surface area contributed by atoms with E-state index in [2.05, 4.69) is 5.32 Å². The number of methoxy groups -OCH3 is 1. The number of hydrogen-bond acceptors (Lipinski definition) is 4. The molecule has 0 bridgehead atoms. The summed E-state index contributed by atoms with van der Waals surface area (Å²) < 4.78 is 11.0. The largest absolute Gasteiger partial charge is 0.497 e. The third kappa shape index (κ3) is 4.26. The molecule has 0 unspecified atom stereocenters. The summed E-state index contributed by atoms with van der Waals surface area (Å²) in [6.45, 7) is -0.0321. The molecule has 6 heteroatoms. The van der Waals surface area contributed by atoms with Gasteiger partial charge in [-0.25, -0.2) is 0 Å². The molecule has 6 nitrogen and oxygen atoms in total. The van der Waals surface area contributed by atoms with Crippen LogP contribution in [0, 0.1) is 0 Å². The van der Waals surface area contributed by atoms with Crippen molar-refractivity contribution in [1.82, 2.24) is 5.32 Å². The van der Waals surface area contributed by atoms with Crippen molar-refractivity contribution in [3.05, 3.63) is 59.9 Å². The SMILES string of the molecule is COc1ccc(C=C2Oc3ccccc3N(CC(=O)NC3CCCC3)C2=O)cc1. The summed E-state index contributed by atoms with van der Waals surface area (Å²) in [7, 11) is 1.60. The van der Waals surface area contributed by atoms with E-state index in [9.17, 15) is 9.59 Å². The van der Waals surface area contributed by atoms with Crippen molar-refractivity contribution in [3.63, 3.8) is 0 Å². The maximum absolute atomic E-state index is 13.1. The van der Waals surface area contributed by atoms with Crippen LogP contribution in [0.5, 0.6) is 11.5 Å². The number of ether oxygens (including phenoxy) is 2. The van der Waals surface area contributed by atoms with E-state index >= 15 is 0 Å². The fourth-order valence-corrected chi connectivity index (χ4v) is 3.76. The second-order valence-electron chi connectivity index (χ2n) is 7.29. The van der Waals surface area contributed by atoms with Gasteiger partial charge in [0.15, 0.2) is 11.5 Å². The first-order chi connectivity index (χ1) is 14.1. The lowest BCUT2D eigenvalue weighted by molar-refractivity contribution is -0.123. The Kier molecular flexibility index (Phi) is 5.51. The van der Waals surface area contributed by atoms with Gasteiger partial charge in [-0.1, -0.05) is 37.1 Å². The van der Waals surface area contributed by atoms with Gasteiger partial charge >= 0.3 is 0 Å². The van der Waals surface area contributed by atoms with Crippen molar-refractivity contribution in [2.45, 2.75) is 31.7 Å². The number of carbonyl (C=O) groups is 2. The maximum atomic E-state index is 13.1. The predicted molar refractivity (Wildman–Crippen MR) is 111 cm³/mol. The summed E-state index contributed by atoms with van der Waals surface area (Å²) in [6.07, 6.45) is 5.96. The Hall–Kier alpha value is -3.28. The number of rotatable bonds is 5. The molecule has 2 amide bonds. The molecule has 0 saturated heterocycles. The quantitative estimate of drug-likeness (QED) is 0.791. The van der Waals surface area contributed by atoms with Crippen molar-refractivity contribution in [2.24, 2.45) is 0 Å². The Bertz CT molecular complexity index is 930. The number of nitrogens with zero attached hydrogens (tertiary/aromatic N) is 1. The molecule has 2 aromatic carbocycles. The van der Waals surface area contributed by atoms with Crippen molar-refractivity contribution < 1.29 is 19.1 Å². The molecule has 1 heterocycles. The van der Waals surface area contributed by atoms with Crippen molar-refractivity contribution in [2.75, 3.05) is 18.6 Å². The number of benzene rings is 2. The first kappa shape index (κ1) is 19.1. The molecule has 2 aliphatic rings.